The highest BCUT2D eigenvalue weighted by Gasteiger charge is 2.12. The molecule has 88 valence electrons. The number of rotatable bonds is 3. The van der Waals surface area contributed by atoms with Crippen LogP contribution in [0.3, 0.4) is 0 Å². The number of nitrogens with zero attached hydrogens (tertiary/aromatic N) is 1. The molecule has 1 N–H and O–H groups in total. The van der Waals surface area contributed by atoms with E-state index in [0.29, 0.717) is 0 Å². The van der Waals surface area contributed by atoms with E-state index >= 15 is 0 Å². The Bertz CT molecular complexity index is 329. The molecule has 4 heteroatoms. The summed E-state index contributed by atoms with van der Waals surface area (Å²) in [6, 6.07) is 3.96. The number of hydrogen-bond acceptors (Lipinski definition) is 2. The SMILES string of the molecule is Fc1cccc(F)c1CNN1CCCCC1. The fraction of sp³-hybridized carbons (Fsp3) is 0.500. The first-order valence-electron chi connectivity index (χ1n) is 5.69. The van der Waals surface area contributed by atoms with Gasteiger partial charge in [-0.2, -0.15) is 0 Å². The van der Waals surface area contributed by atoms with Gasteiger partial charge in [-0.3, -0.25) is 5.43 Å². The molecule has 0 unspecified atom stereocenters. The molecular formula is C12H16F2N2. The van der Waals surface area contributed by atoms with Crippen LogP contribution >= 0.6 is 0 Å². The molecular weight excluding hydrogens is 210 g/mol. The van der Waals surface area contributed by atoms with E-state index in [1.54, 1.807) is 0 Å². The maximum atomic E-state index is 13.3. The molecule has 0 radical (unpaired) electrons. The van der Waals surface area contributed by atoms with E-state index in [4.69, 9.17) is 0 Å². The molecule has 1 aromatic carbocycles. The summed E-state index contributed by atoms with van der Waals surface area (Å²) in [4.78, 5) is 0. The van der Waals surface area contributed by atoms with Crippen LogP contribution in [-0.4, -0.2) is 18.1 Å². The van der Waals surface area contributed by atoms with Crippen molar-refractivity contribution in [1.29, 1.82) is 0 Å². The Balaban J connectivity index is 1.93. The molecule has 2 rings (SSSR count). The molecule has 1 heterocycles. The number of hydrazine groups is 1. The summed E-state index contributed by atoms with van der Waals surface area (Å²) in [7, 11) is 0. The average Bonchev–Trinajstić information content (AvgIpc) is 2.30. The molecule has 0 amide bonds. The number of nitrogens with one attached hydrogen (secondary N) is 1. The highest BCUT2D eigenvalue weighted by atomic mass is 19.1. The number of piperidine rings is 1. The minimum Gasteiger partial charge on any atom is -0.251 e. The first-order chi connectivity index (χ1) is 7.77. The van der Waals surface area contributed by atoms with Crippen LogP contribution in [0.5, 0.6) is 0 Å². The summed E-state index contributed by atoms with van der Waals surface area (Å²) in [6.07, 6.45) is 3.53. The molecule has 1 fully saturated rings. The van der Waals surface area contributed by atoms with Crippen LogP contribution in [-0.2, 0) is 6.54 Å². The molecule has 0 aromatic heterocycles. The van der Waals surface area contributed by atoms with Gasteiger partial charge in [0.1, 0.15) is 11.6 Å². The van der Waals surface area contributed by atoms with Crippen LogP contribution in [0.2, 0.25) is 0 Å². The summed E-state index contributed by atoms with van der Waals surface area (Å²) in [5.74, 6) is -0.964. The summed E-state index contributed by atoms with van der Waals surface area (Å²) in [5, 5.41) is 2.04. The highest BCUT2D eigenvalue weighted by molar-refractivity contribution is 5.19. The van der Waals surface area contributed by atoms with Gasteiger partial charge < -0.3 is 0 Å². The zero-order chi connectivity index (χ0) is 11.4. The Morgan fingerprint density at radius 1 is 1.06 bits per heavy atom. The lowest BCUT2D eigenvalue weighted by Crippen LogP contribution is -2.41. The van der Waals surface area contributed by atoms with E-state index in [2.05, 4.69) is 5.43 Å². The van der Waals surface area contributed by atoms with Crippen molar-refractivity contribution in [2.75, 3.05) is 13.1 Å². The largest absolute Gasteiger partial charge is 0.251 e. The van der Waals surface area contributed by atoms with Gasteiger partial charge in [-0.25, -0.2) is 13.8 Å². The van der Waals surface area contributed by atoms with Crippen LogP contribution in [0.15, 0.2) is 18.2 Å². The van der Waals surface area contributed by atoms with Crippen molar-refractivity contribution in [3.8, 4) is 0 Å². The van der Waals surface area contributed by atoms with Crippen LogP contribution in [0, 0.1) is 11.6 Å². The second kappa shape index (κ2) is 5.37. The fourth-order valence-corrected chi connectivity index (χ4v) is 1.94. The van der Waals surface area contributed by atoms with E-state index < -0.39 is 11.6 Å². The van der Waals surface area contributed by atoms with Crippen molar-refractivity contribution in [1.82, 2.24) is 10.4 Å². The molecule has 0 saturated carbocycles. The molecule has 0 spiro atoms. The average molecular weight is 226 g/mol. The minimum absolute atomic E-state index is 0.119. The van der Waals surface area contributed by atoms with E-state index in [-0.39, 0.29) is 12.1 Å². The zero-order valence-electron chi connectivity index (χ0n) is 9.18. The van der Waals surface area contributed by atoms with E-state index in [9.17, 15) is 8.78 Å². The van der Waals surface area contributed by atoms with Gasteiger partial charge in [0.2, 0.25) is 0 Å². The van der Waals surface area contributed by atoms with Gasteiger partial charge in [-0.1, -0.05) is 12.5 Å². The maximum Gasteiger partial charge on any atom is 0.130 e. The van der Waals surface area contributed by atoms with Gasteiger partial charge in [-0.15, -0.1) is 0 Å². The van der Waals surface area contributed by atoms with Gasteiger partial charge in [0.25, 0.3) is 0 Å². The molecule has 1 aromatic rings. The topological polar surface area (TPSA) is 15.3 Å². The number of hydrogen-bond donors (Lipinski definition) is 1. The normalized spacial score (nSPS) is 17.6. The van der Waals surface area contributed by atoms with Gasteiger partial charge in [-0.05, 0) is 25.0 Å². The van der Waals surface area contributed by atoms with Gasteiger partial charge in [0.15, 0.2) is 0 Å². The zero-order valence-corrected chi connectivity index (χ0v) is 9.18. The van der Waals surface area contributed by atoms with Crippen molar-refractivity contribution in [2.24, 2.45) is 0 Å². The van der Waals surface area contributed by atoms with Gasteiger partial charge >= 0.3 is 0 Å². The minimum atomic E-state index is -0.482. The van der Waals surface area contributed by atoms with Gasteiger partial charge in [0, 0.05) is 25.2 Å². The fourth-order valence-electron chi connectivity index (χ4n) is 1.94. The summed E-state index contributed by atoms with van der Waals surface area (Å²) < 4.78 is 26.6. The molecule has 0 atom stereocenters. The Morgan fingerprint density at radius 2 is 1.69 bits per heavy atom. The van der Waals surface area contributed by atoms with Crippen LogP contribution in [0.25, 0.3) is 0 Å². The smallest absolute Gasteiger partial charge is 0.130 e. The Hall–Kier alpha value is -1.00. The van der Waals surface area contributed by atoms with Crippen LogP contribution < -0.4 is 5.43 Å². The highest BCUT2D eigenvalue weighted by Crippen LogP contribution is 2.12. The molecule has 0 aliphatic carbocycles. The predicted octanol–water partition coefficient (Wildman–Crippen LogP) is 2.46. The van der Waals surface area contributed by atoms with E-state index in [1.165, 1.54) is 24.6 Å². The molecule has 2 nitrogen and oxygen atoms in total. The number of halogens is 2. The lowest BCUT2D eigenvalue weighted by Gasteiger charge is -2.27. The summed E-state index contributed by atoms with van der Waals surface area (Å²) in [6.45, 7) is 2.13. The van der Waals surface area contributed by atoms with Crippen LogP contribution in [0.4, 0.5) is 8.78 Å². The Labute approximate surface area is 94.2 Å². The Kier molecular flexibility index (Phi) is 3.85. The summed E-state index contributed by atoms with van der Waals surface area (Å²) in [5.41, 5.74) is 3.19. The second-order valence-corrected chi connectivity index (χ2v) is 4.08. The van der Waals surface area contributed by atoms with Crippen molar-refractivity contribution in [3.05, 3.63) is 35.4 Å². The van der Waals surface area contributed by atoms with Crippen molar-refractivity contribution in [2.45, 2.75) is 25.8 Å². The third-order valence-electron chi connectivity index (χ3n) is 2.90. The van der Waals surface area contributed by atoms with Crippen molar-refractivity contribution < 1.29 is 8.78 Å². The van der Waals surface area contributed by atoms with E-state index in [1.807, 2.05) is 5.01 Å². The molecule has 1 saturated heterocycles. The standard InChI is InChI=1S/C12H16F2N2/c13-11-5-4-6-12(14)10(11)9-15-16-7-2-1-3-8-16/h4-6,15H,1-3,7-9H2. The first-order valence-corrected chi connectivity index (χ1v) is 5.69. The van der Waals surface area contributed by atoms with Crippen molar-refractivity contribution >= 4 is 0 Å². The molecule has 0 bridgehead atoms. The van der Waals surface area contributed by atoms with Crippen molar-refractivity contribution in [3.63, 3.8) is 0 Å². The maximum absolute atomic E-state index is 13.3. The van der Waals surface area contributed by atoms with E-state index in [0.717, 1.165) is 25.9 Å². The second-order valence-electron chi connectivity index (χ2n) is 4.08. The predicted molar refractivity (Wildman–Crippen MR) is 58.6 cm³/mol. The monoisotopic (exact) mass is 226 g/mol. The lowest BCUT2D eigenvalue weighted by atomic mass is 10.1. The molecule has 1 aliphatic heterocycles. The Morgan fingerprint density at radius 3 is 2.31 bits per heavy atom. The quantitative estimate of drug-likeness (QED) is 0.851. The van der Waals surface area contributed by atoms with Gasteiger partial charge in [0.05, 0.1) is 0 Å². The molecule has 16 heavy (non-hydrogen) atoms. The van der Waals surface area contributed by atoms with Crippen LogP contribution in [0.1, 0.15) is 24.8 Å². The third-order valence-corrected chi connectivity index (χ3v) is 2.90. The summed E-state index contributed by atoms with van der Waals surface area (Å²) >= 11 is 0. The molecule has 1 aliphatic rings. The number of benzene rings is 1. The lowest BCUT2D eigenvalue weighted by molar-refractivity contribution is 0.149. The first kappa shape index (κ1) is 11.5. The third kappa shape index (κ3) is 2.77.